The number of hydrogen-bond donors (Lipinski definition) is 4. The third kappa shape index (κ3) is 5.95. The molecule has 3 heterocycles. The first-order valence-electron chi connectivity index (χ1n) is 10.6. The normalized spacial score (nSPS) is 11.9. The number of nitrogens with zero attached hydrogens (tertiary/aromatic N) is 4. The van der Waals surface area contributed by atoms with Crippen LogP contribution in [0.25, 0.3) is 22.6 Å². The molecule has 0 saturated carbocycles. The lowest BCUT2D eigenvalue weighted by Gasteiger charge is -2.14. The van der Waals surface area contributed by atoms with Crippen molar-refractivity contribution in [3.8, 4) is 28.4 Å². The molecule has 0 aliphatic carbocycles. The van der Waals surface area contributed by atoms with Crippen molar-refractivity contribution in [3.63, 3.8) is 0 Å². The van der Waals surface area contributed by atoms with Crippen LogP contribution in [-0.4, -0.2) is 64.2 Å². The zero-order valence-electron chi connectivity index (χ0n) is 19.5. The van der Waals surface area contributed by atoms with Gasteiger partial charge in [0, 0.05) is 43.6 Å². The minimum absolute atomic E-state index is 0.0158. The lowest BCUT2D eigenvalue weighted by atomic mass is 10.1. The molecule has 11 heteroatoms. The highest BCUT2D eigenvalue weighted by Crippen LogP contribution is 2.33. The Morgan fingerprint density at radius 2 is 2.00 bits per heavy atom. The predicted molar refractivity (Wildman–Crippen MR) is 126 cm³/mol. The number of ether oxygens (including phenoxy) is 2. The molecule has 1 atom stereocenters. The van der Waals surface area contributed by atoms with Gasteiger partial charge in [-0.05, 0) is 19.1 Å². The number of amides is 1. The summed E-state index contributed by atoms with van der Waals surface area (Å²) in [6, 6.07) is 3.47. The van der Waals surface area contributed by atoms with Gasteiger partial charge in [-0.25, -0.2) is 19.9 Å². The molecule has 0 unspecified atom stereocenters. The quantitative estimate of drug-likeness (QED) is 0.361. The first kappa shape index (κ1) is 23.9. The molecule has 176 valence electrons. The van der Waals surface area contributed by atoms with E-state index in [1.54, 1.807) is 31.6 Å². The van der Waals surface area contributed by atoms with E-state index in [-0.39, 0.29) is 24.5 Å². The van der Waals surface area contributed by atoms with E-state index in [1.807, 2.05) is 6.92 Å². The van der Waals surface area contributed by atoms with Crippen molar-refractivity contribution in [2.75, 3.05) is 38.4 Å². The summed E-state index contributed by atoms with van der Waals surface area (Å²) < 4.78 is 10.2. The fourth-order valence-corrected chi connectivity index (χ4v) is 3.13. The molecule has 0 radical (unpaired) electrons. The number of methoxy groups -OCH3 is 2. The number of imidazole rings is 1. The standard InChI is InChI=1S/C22H30N8O3/c1-12(2)21-29-18(14-8-16(33-5)20(23)25-10-14)19(30-21)15-6-7-24-22(28-15)26-9-13(3)27-17(31)11-32-4/h6-8,10,12-13H,9,11H2,1-5H3,(H2,23,25)(H,27,31)(H,29,30)(H,24,26,28)/t13-/m0/s1. The minimum Gasteiger partial charge on any atom is -0.493 e. The van der Waals surface area contributed by atoms with Crippen LogP contribution in [-0.2, 0) is 9.53 Å². The molecule has 0 bridgehead atoms. The van der Waals surface area contributed by atoms with Crippen molar-refractivity contribution in [1.29, 1.82) is 0 Å². The Kier molecular flexibility index (Phi) is 7.78. The molecule has 33 heavy (non-hydrogen) atoms. The van der Waals surface area contributed by atoms with E-state index < -0.39 is 0 Å². The second kappa shape index (κ2) is 10.7. The topological polar surface area (TPSA) is 153 Å². The van der Waals surface area contributed by atoms with Crippen molar-refractivity contribution in [1.82, 2.24) is 30.2 Å². The number of aromatic amines is 1. The average Bonchev–Trinajstić information content (AvgIpc) is 3.24. The van der Waals surface area contributed by atoms with Gasteiger partial charge < -0.3 is 30.8 Å². The fraction of sp³-hybridized carbons (Fsp3) is 0.409. The SMILES string of the molecule is COCC(=O)N[C@@H](C)CNc1nccc(-c2[nH]c(C(C)C)nc2-c2cnc(N)c(OC)c2)n1. The number of carbonyl (C=O) groups excluding carboxylic acids is 1. The molecule has 0 aliphatic rings. The van der Waals surface area contributed by atoms with E-state index in [0.29, 0.717) is 35.4 Å². The lowest BCUT2D eigenvalue weighted by Crippen LogP contribution is -2.39. The van der Waals surface area contributed by atoms with Crippen LogP contribution in [0.5, 0.6) is 5.75 Å². The Balaban J connectivity index is 1.88. The Morgan fingerprint density at radius 1 is 1.21 bits per heavy atom. The number of nitrogens with one attached hydrogen (secondary N) is 3. The molecule has 3 rings (SSSR count). The Morgan fingerprint density at radius 3 is 2.70 bits per heavy atom. The third-order valence-electron chi connectivity index (χ3n) is 4.81. The van der Waals surface area contributed by atoms with Crippen LogP contribution in [0.15, 0.2) is 24.5 Å². The van der Waals surface area contributed by atoms with Crippen molar-refractivity contribution < 1.29 is 14.3 Å². The summed E-state index contributed by atoms with van der Waals surface area (Å²) in [6.07, 6.45) is 3.33. The molecule has 5 N–H and O–H groups in total. The van der Waals surface area contributed by atoms with Crippen LogP contribution in [0, 0.1) is 0 Å². The second-order valence-corrected chi connectivity index (χ2v) is 7.86. The van der Waals surface area contributed by atoms with Gasteiger partial charge in [0.25, 0.3) is 0 Å². The first-order valence-corrected chi connectivity index (χ1v) is 10.6. The summed E-state index contributed by atoms with van der Waals surface area (Å²) >= 11 is 0. The third-order valence-corrected chi connectivity index (χ3v) is 4.81. The van der Waals surface area contributed by atoms with Crippen LogP contribution < -0.4 is 21.1 Å². The van der Waals surface area contributed by atoms with Gasteiger partial charge in [-0.2, -0.15) is 0 Å². The van der Waals surface area contributed by atoms with Crippen LogP contribution >= 0.6 is 0 Å². The molecule has 3 aromatic heterocycles. The first-order chi connectivity index (χ1) is 15.8. The van der Waals surface area contributed by atoms with E-state index in [2.05, 4.69) is 44.4 Å². The molecule has 0 spiro atoms. The lowest BCUT2D eigenvalue weighted by molar-refractivity contribution is -0.125. The number of H-pyrrole nitrogens is 1. The zero-order valence-corrected chi connectivity index (χ0v) is 19.5. The summed E-state index contributed by atoms with van der Waals surface area (Å²) in [4.78, 5) is 33.0. The minimum atomic E-state index is -0.183. The number of anilines is 2. The second-order valence-electron chi connectivity index (χ2n) is 7.86. The van der Waals surface area contributed by atoms with Gasteiger partial charge in [0.15, 0.2) is 11.6 Å². The van der Waals surface area contributed by atoms with Gasteiger partial charge in [0.2, 0.25) is 11.9 Å². The number of carbonyl (C=O) groups is 1. The van der Waals surface area contributed by atoms with Crippen LogP contribution in [0.1, 0.15) is 32.5 Å². The Hall–Kier alpha value is -3.73. The van der Waals surface area contributed by atoms with E-state index in [4.69, 9.17) is 20.2 Å². The largest absolute Gasteiger partial charge is 0.493 e. The van der Waals surface area contributed by atoms with E-state index in [0.717, 1.165) is 17.1 Å². The number of aromatic nitrogens is 5. The van der Waals surface area contributed by atoms with Crippen molar-refractivity contribution in [2.45, 2.75) is 32.7 Å². The Bertz CT molecular complexity index is 1100. The molecule has 3 aromatic rings. The van der Waals surface area contributed by atoms with Crippen LogP contribution in [0.4, 0.5) is 11.8 Å². The molecule has 0 aliphatic heterocycles. The summed E-state index contributed by atoms with van der Waals surface area (Å²) in [5, 5.41) is 5.99. The maximum Gasteiger partial charge on any atom is 0.246 e. The molecule has 0 saturated heterocycles. The van der Waals surface area contributed by atoms with Crippen molar-refractivity contribution in [3.05, 3.63) is 30.4 Å². The maximum atomic E-state index is 11.7. The summed E-state index contributed by atoms with van der Waals surface area (Å²) in [5.41, 5.74) is 8.72. The summed E-state index contributed by atoms with van der Waals surface area (Å²) in [7, 11) is 3.02. The maximum absolute atomic E-state index is 11.7. The number of pyridine rings is 1. The van der Waals surface area contributed by atoms with Gasteiger partial charge in [-0.3, -0.25) is 4.79 Å². The van der Waals surface area contributed by atoms with Crippen LogP contribution in [0.3, 0.4) is 0 Å². The molecule has 0 fully saturated rings. The van der Waals surface area contributed by atoms with Crippen LogP contribution in [0.2, 0.25) is 0 Å². The van der Waals surface area contributed by atoms with Gasteiger partial charge in [-0.1, -0.05) is 13.8 Å². The molecular formula is C22H30N8O3. The summed E-state index contributed by atoms with van der Waals surface area (Å²) in [6.45, 7) is 6.46. The van der Waals surface area contributed by atoms with E-state index >= 15 is 0 Å². The van der Waals surface area contributed by atoms with E-state index in [1.165, 1.54) is 7.11 Å². The van der Waals surface area contributed by atoms with Gasteiger partial charge in [-0.15, -0.1) is 0 Å². The number of hydrogen-bond acceptors (Lipinski definition) is 9. The number of rotatable bonds is 10. The zero-order chi connectivity index (χ0) is 24.0. The Labute approximate surface area is 192 Å². The smallest absolute Gasteiger partial charge is 0.246 e. The summed E-state index contributed by atoms with van der Waals surface area (Å²) in [5.74, 6) is 2.03. The highest BCUT2D eigenvalue weighted by molar-refractivity contribution is 5.78. The van der Waals surface area contributed by atoms with Gasteiger partial charge >= 0.3 is 0 Å². The van der Waals surface area contributed by atoms with Gasteiger partial charge in [0.1, 0.15) is 12.4 Å². The molecule has 11 nitrogen and oxygen atoms in total. The highest BCUT2D eigenvalue weighted by atomic mass is 16.5. The molecule has 1 amide bonds. The van der Waals surface area contributed by atoms with Gasteiger partial charge in [0.05, 0.1) is 24.2 Å². The highest BCUT2D eigenvalue weighted by Gasteiger charge is 2.19. The fourth-order valence-electron chi connectivity index (χ4n) is 3.13. The monoisotopic (exact) mass is 454 g/mol. The number of nitrogen functional groups attached to an aromatic ring is 1. The molecule has 0 aromatic carbocycles. The molecular weight excluding hydrogens is 424 g/mol. The van der Waals surface area contributed by atoms with Crippen molar-refractivity contribution >= 4 is 17.7 Å². The van der Waals surface area contributed by atoms with Crippen molar-refractivity contribution in [2.24, 2.45) is 0 Å². The average molecular weight is 455 g/mol. The number of nitrogens with two attached hydrogens (primary N) is 1. The predicted octanol–water partition coefficient (Wildman–Crippen LogP) is 2.21. The van der Waals surface area contributed by atoms with E-state index in [9.17, 15) is 4.79 Å².